The lowest BCUT2D eigenvalue weighted by Gasteiger charge is -2.11. The van der Waals surface area contributed by atoms with E-state index < -0.39 is 20.8 Å². The van der Waals surface area contributed by atoms with Gasteiger partial charge >= 0.3 is 0 Å². The van der Waals surface area contributed by atoms with E-state index >= 15 is 0 Å². The van der Waals surface area contributed by atoms with E-state index in [0.29, 0.717) is 12.3 Å². The van der Waals surface area contributed by atoms with Gasteiger partial charge in [0.25, 0.3) is 0 Å². The summed E-state index contributed by atoms with van der Waals surface area (Å²) in [6.45, 7) is 2.02. The molecule has 0 aliphatic heterocycles. The molecule has 2 unspecified atom stereocenters. The fourth-order valence-corrected chi connectivity index (χ4v) is 4.71. The molecule has 1 aromatic heterocycles. The summed E-state index contributed by atoms with van der Waals surface area (Å²) in [7, 11) is -4.54. The molecule has 1 rings (SSSR count). The third-order valence-corrected chi connectivity index (χ3v) is 6.10. The molecule has 0 bridgehead atoms. The highest BCUT2D eigenvalue weighted by molar-refractivity contribution is 7.91. The van der Waals surface area contributed by atoms with E-state index in [2.05, 4.69) is 4.72 Å². The van der Waals surface area contributed by atoms with Gasteiger partial charge in [0, 0.05) is 40.3 Å². The summed E-state index contributed by atoms with van der Waals surface area (Å²) >= 11 is 1.15. The van der Waals surface area contributed by atoms with E-state index in [1.54, 1.807) is 19.2 Å². The van der Waals surface area contributed by atoms with Gasteiger partial charge in [-0.2, -0.15) is 0 Å². The summed E-state index contributed by atoms with van der Waals surface area (Å²) < 4.78 is 37.5. The quantitative estimate of drug-likeness (QED) is 0.787. The standard InChI is InChI=1S/C9H16N2O3S3/c1-7(6-16(2)12)11-17(13,14)9-4-3-8(5-10)15-9/h3-4,7,11H,5-6,10H2,1-2H3. The number of nitrogens with one attached hydrogen (secondary N) is 1. The number of nitrogens with two attached hydrogens (primary N) is 1. The maximum absolute atomic E-state index is 11.9. The largest absolute Gasteiger partial charge is 0.326 e. The maximum Gasteiger partial charge on any atom is 0.250 e. The van der Waals surface area contributed by atoms with Crippen LogP contribution in [0.1, 0.15) is 11.8 Å². The first-order valence-electron chi connectivity index (χ1n) is 4.96. The Balaban J connectivity index is 2.78. The first-order valence-corrected chi connectivity index (χ1v) is 8.99. The summed E-state index contributed by atoms with van der Waals surface area (Å²) in [6.07, 6.45) is 1.54. The monoisotopic (exact) mass is 296 g/mol. The Morgan fingerprint density at radius 2 is 2.18 bits per heavy atom. The van der Waals surface area contributed by atoms with E-state index in [1.165, 1.54) is 6.07 Å². The van der Waals surface area contributed by atoms with Crippen molar-refractivity contribution in [1.29, 1.82) is 0 Å². The van der Waals surface area contributed by atoms with Crippen molar-refractivity contribution in [2.24, 2.45) is 5.73 Å². The van der Waals surface area contributed by atoms with Crippen LogP contribution in [0.2, 0.25) is 0 Å². The zero-order valence-corrected chi connectivity index (χ0v) is 12.1. The highest BCUT2D eigenvalue weighted by atomic mass is 32.2. The van der Waals surface area contributed by atoms with E-state index in [9.17, 15) is 12.6 Å². The molecule has 1 heterocycles. The van der Waals surface area contributed by atoms with E-state index in [0.717, 1.165) is 16.2 Å². The zero-order valence-electron chi connectivity index (χ0n) is 9.67. The summed E-state index contributed by atoms with van der Waals surface area (Å²) in [6, 6.07) is 2.88. The number of hydrogen-bond acceptors (Lipinski definition) is 5. The van der Waals surface area contributed by atoms with Gasteiger partial charge in [0.15, 0.2) is 0 Å². The van der Waals surface area contributed by atoms with Crippen molar-refractivity contribution in [2.45, 2.75) is 23.7 Å². The Morgan fingerprint density at radius 3 is 2.65 bits per heavy atom. The van der Waals surface area contributed by atoms with Gasteiger partial charge in [0.2, 0.25) is 10.0 Å². The zero-order chi connectivity index (χ0) is 13.1. The first kappa shape index (κ1) is 14.8. The number of rotatable bonds is 6. The third-order valence-electron chi connectivity index (χ3n) is 1.94. The molecule has 2 atom stereocenters. The number of sulfonamides is 1. The lowest BCUT2D eigenvalue weighted by atomic mass is 10.4. The van der Waals surface area contributed by atoms with Gasteiger partial charge in [0.1, 0.15) is 4.21 Å². The fraction of sp³-hybridized carbons (Fsp3) is 0.556. The topological polar surface area (TPSA) is 89.3 Å². The Morgan fingerprint density at radius 1 is 1.53 bits per heavy atom. The SMILES string of the molecule is CC(CS(C)=O)NS(=O)(=O)c1ccc(CN)s1. The fourth-order valence-electron chi connectivity index (χ4n) is 1.32. The van der Waals surface area contributed by atoms with Crippen molar-refractivity contribution in [2.75, 3.05) is 12.0 Å². The second kappa shape index (κ2) is 6.05. The molecule has 0 fully saturated rings. The molecular formula is C9H16N2O3S3. The minimum Gasteiger partial charge on any atom is -0.326 e. The highest BCUT2D eigenvalue weighted by Gasteiger charge is 2.19. The molecule has 1 aromatic rings. The molecule has 0 aromatic carbocycles. The molecule has 0 spiro atoms. The van der Waals surface area contributed by atoms with Gasteiger partial charge < -0.3 is 5.73 Å². The minimum absolute atomic E-state index is 0.242. The molecule has 17 heavy (non-hydrogen) atoms. The van der Waals surface area contributed by atoms with Gasteiger partial charge in [-0.15, -0.1) is 11.3 Å². The summed E-state index contributed by atoms with van der Waals surface area (Å²) in [5, 5.41) is 0. The third kappa shape index (κ3) is 4.47. The molecule has 0 amide bonds. The van der Waals surface area contributed by atoms with Crippen LogP contribution in [0, 0.1) is 0 Å². The lowest BCUT2D eigenvalue weighted by molar-refractivity contribution is 0.572. The van der Waals surface area contributed by atoms with Crippen LogP contribution in [0.25, 0.3) is 0 Å². The summed E-state index contributed by atoms with van der Waals surface area (Å²) in [5.41, 5.74) is 5.43. The molecule has 0 saturated heterocycles. The van der Waals surface area contributed by atoms with Gasteiger partial charge in [-0.3, -0.25) is 4.21 Å². The highest BCUT2D eigenvalue weighted by Crippen LogP contribution is 2.21. The molecule has 0 aliphatic carbocycles. The minimum atomic E-state index is -3.52. The van der Waals surface area contributed by atoms with Gasteiger partial charge in [0.05, 0.1) is 0 Å². The predicted molar refractivity (Wildman–Crippen MR) is 70.9 cm³/mol. The van der Waals surface area contributed by atoms with Crippen molar-refractivity contribution in [3.8, 4) is 0 Å². The smallest absolute Gasteiger partial charge is 0.250 e. The number of thiophene rings is 1. The molecule has 0 saturated carbocycles. The molecule has 8 heteroatoms. The van der Waals surface area contributed by atoms with Crippen LogP contribution in [0.15, 0.2) is 16.3 Å². The Hall–Kier alpha value is -0.280. The van der Waals surface area contributed by atoms with Gasteiger partial charge in [-0.25, -0.2) is 13.1 Å². The van der Waals surface area contributed by atoms with E-state index in [1.807, 2.05) is 0 Å². The molecular weight excluding hydrogens is 280 g/mol. The molecule has 3 N–H and O–H groups in total. The van der Waals surface area contributed by atoms with Crippen molar-refractivity contribution >= 4 is 32.2 Å². The Bertz CT molecular complexity index is 495. The first-order chi connectivity index (χ1) is 7.85. The van der Waals surface area contributed by atoms with Crippen LogP contribution in [-0.2, 0) is 27.4 Å². The average Bonchev–Trinajstić information content (AvgIpc) is 2.63. The van der Waals surface area contributed by atoms with Crippen molar-refractivity contribution < 1.29 is 12.6 Å². The molecule has 98 valence electrons. The van der Waals surface area contributed by atoms with Crippen LogP contribution in [-0.4, -0.2) is 30.7 Å². The van der Waals surface area contributed by atoms with Crippen molar-refractivity contribution in [1.82, 2.24) is 4.72 Å². The predicted octanol–water partition coefficient (Wildman–Crippen LogP) is 0.252. The lowest BCUT2D eigenvalue weighted by Crippen LogP contribution is -2.35. The molecule has 0 radical (unpaired) electrons. The van der Waals surface area contributed by atoms with Gasteiger partial charge in [-0.05, 0) is 19.1 Å². The van der Waals surface area contributed by atoms with Crippen LogP contribution in [0.5, 0.6) is 0 Å². The van der Waals surface area contributed by atoms with E-state index in [4.69, 9.17) is 5.73 Å². The average molecular weight is 296 g/mol. The molecule has 0 aliphatic rings. The van der Waals surface area contributed by atoms with Gasteiger partial charge in [-0.1, -0.05) is 0 Å². The second-order valence-corrected chi connectivity index (χ2v) is 8.28. The van der Waals surface area contributed by atoms with Crippen LogP contribution < -0.4 is 10.5 Å². The van der Waals surface area contributed by atoms with Crippen LogP contribution in [0.3, 0.4) is 0 Å². The van der Waals surface area contributed by atoms with Crippen molar-refractivity contribution in [3.05, 3.63) is 17.0 Å². The summed E-state index contributed by atoms with van der Waals surface area (Å²) in [4.78, 5) is 0.817. The Kier molecular flexibility index (Phi) is 5.26. The second-order valence-electron chi connectivity index (χ2n) is 3.69. The van der Waals surface area contributed by atoms with Crippen molar-refractivity contribution in [3.63, 3.8) is 0 Å². The summed E-state index contributed by atoms with van der Waals surface area (Å²) in [5.74, 6) is 0.300. The van der Waals surface area contributed by atoms with Crippen LogP contribution in [0.4, 0.5) is 0 Å². The van der Waals surface area contributed by atoms with E-state index in [-0.39, 0.29) is 10.3 Å². The Labute approximate surface area is 108 Å². The normalized spacial score (nSPS) is 15.7. The number of hydrogen-bond donors (Lipinski definition) is 2. The molecule has 5 nitrogen and oxygen atoms in total. The maximum atomic E-state index is 11.9. The van der Waals surface area contributed by atoms with Crippen LogP contribution >= 0.6 is 11.3 Å².